The van der Waals surface area contributed by atoms with Crippen molar-refractivity contribution in [1.29, 1.82) is 0 Å². The summed E-state index contributed by atoms with van der Waals surface area (Å²) in [6, 6.07) is 5.78. The molecule has 0 atom stereocenters. The summed E-state index contributed by atoms with van der Waals surface area (Å²) in [4.78, 5) is 6.94. The van der Waals surface area contributed by atoms with E-state index in [1.54, 1.807) is 6.20 Å². The maximum Gasteiger partial charge on any atom is 4.00 e. The third-order valence-corrected chi connectivity index (χ3v) is 4.07. The molecule has 0 aliphatic rings. The fourth-order valence-corrected chi connectivity index (χ4v) is 2.23. The minimum Gasteiger partial charge on any atom is -1.00 e. The van der Waals surface area contributed by atoms with Gasteiger partial charge >= 0.3 is 21.7 Å². The van der Waals surface area contributed by atoms with Gasteiger partial charge in [0.05, 0.1) is 0 Å². The molecule has 0 amide bonds. The Bertz CT molecular complexity index is 592. The number of rotatable bonds is 0. The minimum atomic E-state index is 0. The van der Waals surface area contributed by atoms with E-state index in [1.807, 2.05) is 18.2 Å². The second-order valence-electron chi connectivity index (χ2n) is 4.98. The summed E-state index contributed by atoms with van der Waals surface area (Å²) in [5, 5.41) is 1.11. The number of nitrogens with zero attached hydrogens (tertiary/aromatic N) is 1. The van der Waals surface area contributed by atoms with Crippen LogP contribution in [0.1, 0.15) is 27.8 Å². The molecule has 0 radical (unpaired) electrons. The number of hydrogen-bond donors (Lipinski definition) is 1. The van der Waals surface area contributed by atoms with Gasteiger partial charge in [-0.2, -0.15) is 33.9 Å². The Balaban J connectivity index is 0. The van der Waals surface area contributed by atoms with Crippen molar-refractivity contribution in [2.24, 2.45) is 0 Å². The topological polar surface area (TPSA) is 28.7 Å². The van der Waals surface area contributed by atoms with Gasteiger partial charge in [0.25, 0.3) is 0 Å². The number of nitrogens with one attached hydrogen (secondary N) is 1. The van der Waals surface area contributed by atoms with Crippen LogP contribution in [0, 0.1) is 40.8 Å². The molecule has 0 saturated carbocycles. The van der Waals surface area contributed by atoms with E-state index in [0.717, 1.165) is 11.0 Å². The number of aromatic nitrogens is 2. The van der Waals surface area contributed by atoms with Crippen LogP contribution in [-0.4, -0.2) is 9.97 Å². The van der Waals surface area contributed by atoms with Gasteiger partial charge in [-0.05, 0) is 5.65 Å². The van der Waals surface area contributed by atoms with Crippen LogP contribution in [0.5, 0.6) is 0 Å². The first-order valence-corrected chi connectivity index (χ1v) is 6.51. The van der Waals surface area contributed by atoms with Gasteiger partial charge in [0, 0.05) is 6.20 Å². The molecule has 0 bridgehead atoms. The molecule has 2 nitrogen and oxygen atoms in total. The summed E-state index contributed by atoms with van der Waals surface area (Å²) in [7, 11) is 0. The Hall–Kier alpha value is -0.666. The molecule has 0 fully saturated rings. The van der Waals surface area contributed by atoms with Crippen molar-refractivity contribution in [3.63, 3.8) is 0 Å². The van der Waals surface area contributed by atoms with Crippen LogP contribution < -0.4 is 24.8 Å². The number of hydrogen-bond acceptors (Lipinski definition) is 1. The predicted molar refractivity (Wildman–Crippen MR) is 80.6 cm³/mol. The monoisotopic (exact) mass is 370 g/mol. The van der Waals surface area contributed by atoms with Crippen LogP contribution in [0.15, 0.2) is 24.4 Å². The molecular weight excluding hydrogens is 351 g/mol. The van der Waals surface area contributed by atoms with Crippen molar-refractivity contribution in [1.82, 2.24) is 9.97 Å². The standard InChI is InChI=1S/C10H15.C7H5N2.2ClH.Ti/c1-6-7(2)9(4)10(5)8(6)3;1-2-6-3-5-9-7(6)8-4-1;;;/h1-5H3;1-4H,(H,8,9);2*1H;/q2*-1;;;+4/p-2. The summed E-state index contributed by atoms with van der Waals surface area (Å²) >= 11 is 0. The van der Waals surface area contributed by atoms with Crippen molar-refractivity contribution in [2.45, 2.75) is 34.6 Å². The predicted octanol–water partition coefficient (Wildman–Crippen LogP) is -1.68. The van der Waals surface area contributed by atoms with Gasteiger partial charge < -0.3 is 34.8 Å². The zero-order valence-electron chi connectivity index (χ0n) is 13.5. The molecule has 0 aliphatic heterocycles. The molecule has 116 valence electrons. The van der Waals surface area contributed by atoms with E-state index in [2.05, 4.69) is 50.8 Å². The Morgan fingerprint density at radius 3 is 2.00 bits per heavy atom. The fourth-order valence-electron chi connectivity index (χ4n) is 2.23. The Labute approximate surface area is 160 Å². The molecule has 3 aromatic rings. The second-order valence-corrected chi connectivity index (χ2v) is 4.98. The number of aromatic amines is 1. The molecule has 0 spiro atoms. The fraction of sp³-hybridized carbons (Fsp3) is 0.294. The molecular formula is C17H20Cl2N2Ti. The van der Waals surface area contributed by atoms with Crippen LogP contribution in [0.25, 0.3) is 11.0 Å². The number of pyridine rings is 1. The van der Waals surface area contributed by atoms with Gasteiger partial charge in [-0.3, -0.25) is 0 Å². The molecule has 2 heterocycles. The summed E-state index contributed by atoms with van der Waals surface area (Å²) in [5.41, 5.74) is 8.24. The SMILES string of the molecule is Cc1c(C)c(C)[c-](C)c1C.[Cl-].[Cl-].[Ti+4].[c-]1cc2cccnc2[nH]1. The molecule has 2 aromatic heterocycles. The van der Waals surface area contributed by atoms with Gasteiger partial charge in [-0.15, -0.1) is 17.6 Å². The zero-order chi connectivity index (χ0) is 14.0. The van der Waals surface area contributed by atoms with Crippen LogP contribution in [0.3, 0.4) is 0 Å². The largest absolute Gasteiger partial charge is 4.00 e. The first kappa shape index (κ1) is 23.6. The van der Waals surface area contributed by atoms with Gasteiger partial charge in [0.2, 0.25) is 0 Å². The summed E-state index contributed by atoms with van der Waals surface area (Å²) < 4.78 is 0. The Morgan fingerprint density at radius 2 is 1.59 bits per heavy atom. The minimum absolute atomic E-state index is 0. The second kappa shape index (κ2) is 10.2. The van der Waals surface area contributed by atoms with E-state index in [4.69, 9.17) is 0 Å². The smallest absolute Gasteiger partial charge is 1.00 e. The maximum atomic E-state index is 4.05. The zero-order valence-corrected chi connectivity index (χ0v) is 16.6. The van der Waals surface area contributed by atoms with Crippen LogP contribution in [0.2, 0.25) is 0 Å². The number of fused-ring (bicyclic) bond motifs is 1. The first-order valence-electron chi connectivity index (χ1n) is 6.51. The van der Waals surface area contributed by atoms with Gasteiger partial charge in [-0.1, -0.05) is 40.7 Å². The van der Waals surface area contributed by atoms with Crippen LogP contribution >= 0.6 is 0 Å². The van der Waals surface area contributed by atoms with E-state index < -0.39 is 0 Å². The Kier molecular flexibility index (Phi) is 10.9. The Morgan fingerprint density at radius 1 is 1.05 bits per heavy atom. The van der Waals surface area contributed by atoms with Gasteiger partial charge in [-0.25, -0.2) is 0 Å². The van der Waals surface area contributed by atoms with E-state index in [-0.39, 0.29) is 46.5 Å². The van der Waals surface area contributed by atoms with Crippen LogP contribution in [-0.2, 0) is 21.7 Å². The molecule has 0 saturated heterocycles. The van der Waals surface area contributed by atoms with Crippen LogP contribution in [0.4, 0.5) is 0 Å². The molecule has 5 heteroatoms. The van der Waals surface area contributed by atoms with Crippen molar-refractivity contribution < 1.29 is 46.5 Å². The van der Waals surface area contributed by atoms with Crippen molar-refractivity contribution in [2.75, 3.05) is 0 Å². The maximum absolute atomic E-state index is 4.05. The normalized spacial score (nSPS) is 8.95. The summed E-state index contributed by atoms with van der Waals surface area (Å²) in [6.07, 6.45) is 4.61. The third-order valence-electron chi connectivity index (χ3n) is 4.07. The first-order chi connectivity index (χ1) is 9.02. The van der Waals surface area contributed by atoms with Crippen molar-refractivity contribution >= 4 is 11.0 Å². The average molecular weight is 371 g/mol. The quantitative estimate of drug-likeness (QED) is 0.371. The van der Waals surface area contributed by atoms with Crippen molar-refractivity contribution in [3.8, 4) is 0 Å². The molecule has 1 aromatic carbocycles. The molecule has 0 aliphatic carbocycles. The van der Waals surface area contributed by atoms with Gasteiger partial charge in [0.1, 0.15) is 0 Å². The third kappa shape index (κ3) is 4.92. The van der Waals surface area contributed by atoms with E-state index in [9.17, 15) is 0 Å². The number of H-pyrrole nitrogens is 1. The number of halogens is 2. The van der Waals surface area contributed by atoms with E-state index in [0.29, 0.717) is 0 Å². The molecule has 0 unspecified atom stereocenters. The van der Waals surface area contributed by atoms with E-state index >= 15 is 0 Å². The van der Waals surface area contributed by atoms with E-state index in [1.165, 1.54) is 27.8 Å². The molecule has 3 rings (SSSR count). The molecule has 22 heavy (non-hydrogen) atoms. The average Bonchev–Trinajstić information content (AvgIpc) is 2.97. The van der Waals surface area contributed by atoms with Crippen molar-refractivity contribution in [3.05, 3.63) is 58.4 Å². The molecule has 1 N–H and O–H groups in total. The summed E-state index contributed by atoms with van der Waals surface area (Å²) in [6.45, 7) is 11.0. The summed E-state index contributed by atoms with van der Waals surface area (Å²) in [5.74, 6) is 0. The van der Waals surface area contributed by atoms with Gasteiger partial charge in [0.15, 0.2) is 0 Å².